The van der Waals surface area contributed by atoms with E-state index in [2.05, 4.69) is 9.89 Å². The second kappa shape index (κ2) is 4.24. The Morgan fingerprint density at radius 2 is 2.18 bits per heavy atom. The first-order chi connectivity index (χ1) is 5.38. The van der Waals surface area contributed by atoms with Crippen molar-refractivity contribution in [1.29, 1.82) is 5.26 Å². The van der Waals surface area contributed by atoms with E-state index in [1.54, 1.807) is 11.8 Å². The zero-order valence-corrected chi connectivity index (χ0v) is 7.39. The first-order valence-corrected chi connectivity index (χ1v) is 4.86. The smallest absolute Gasteiger partial charge is 0.208 e. The quantitative estimate of drug-likeness (QED) is 0.311. The fourth-order valence-corrected chi connectivity index (χ4v) is 1.77. The Kier molecular flexibility index (Phi) is 3.24. The van der Waals surface area contributed by atoms with Crippen LogP contribution in [-0.4, -0.2) is 29.4 Å². The molecule has 0 N–H and O–H groups in total. The first-order valence-electron chi connectivity index (χ1n) is 3.64. The molecule has 0 bridgehead atoms. The van der Waals surface area contributed by atoms with E-state index in [4.69, 9.17) is 5.26 Å². The molecule has 1 aliphatic rings. The first kappa shape index (κ1) is 8.41. The molecule has 1 heterocycles. The van der Waals surface area contributed by atoms with Crippen LogP contribution in [0.4, 0.5) is 0 Å². The minimum Gasteiger partial charge on any atom is -0.351 e. The van der Waals surface area contributed by atoms with Gasteiger partial charge in [0.2, 0.25) is 6.19 Å². The fraction of sp³-hybridized carbons (Fsp3) is 0.714. The van der Waals surface area contributed by atoms with Gasteiger partial charge >= 0.3 is 0 Å². The average molecular weight is 169 g/mol. The molecule has 0 atom stereocenters. The van der Waals surface area contributed by atoms with Crippen LogP contribution in [0.3, 0.4) is 0 Å². The lowest BCUT2D eigenvalue weighted by Crippen LogP contribution is -2.24. The van der Waals surface area contributed by atoms with Gasteiger partial charge in [-0.1, -0.05) is 11.8 Å². The van der Waals surface area contributed by atoms with Gasteiger partial charge in [0, 0.05) is 13.1 Å². The number of aliphatic imine (C=N–C) groups is 1. The molecular formula is C7H11N3S. The minimum absolute atomic E-state index is 0.866. The second-order valence-electron chi connectivity index (χ2n) is 2.39. The van der Waals surface area contributed by atoms with Crippen molar-refractivity contribution >= 4 is 16.9 Å². The van der Waals surface area contributed by atoms with Gasteiger partial charge in [-0.15, -0.1) is 4.99 Å². The summed E-state index contributed by atoms with van der Waals surface area (Å²) in [6.07, 6.45) is 6.23. The van der Waals surface area contributed by atoms with E-state index in [0.717, 1.165) is 18.3 Å². The van der Waals surface area contributed by atoms with Crippen LogP contribution in [0.25, 0.3) is 0 Å². The van der Waals surface area contributed by atoms with E-state index in [9.17, 15) is 0 Å². The van der Waals surface area contributed by atoms with Gasteiger partial charge in [-0.05, 0) is 19.1 Å². The Morgan fingerprint density at radius 3 is 2.64 bits per heavy atom. The van der Waals surface area contributed by atoms with Crippen LogP contribution in [0.1, 0.15) is 12.8 Å². The summed E-state index contributed by atoms with van der Waals surface area (Å²) in [7, 11) is 0. The zero-order chi connectivity index (χ0) is 8.10. The lowest BCUT2D eigenvalue weighted by Gasteiger charge is -2.15. The van der Waals surface area contributed by atoms with E-state index in [1.165, 1.54) is 12.8 Å². The second-order valence-corrected chi connectivity index (χ2v) is 3.17. The number of hydrogen-bond donors (Lipinski definition) is 0. The molecule has 0 aromatic carbocycles. The van der Waals surface area contributed by atoms with E-state index < -0.39 is 0 Å². The van der Waals surface area contributed by atoms with Gasteiger partial charge in [-0.3, -0.25) is 0 Å². The van der Waals surface area contributed by atoms with Crippen molar-refractivity contribution in [2.45, 2.75) is 12.8 Å². The van der Waals surface area contributed by atoms with E-state index in [-0.39, 0.29) is 0 Å². The molecule has 0 saturated carbocycles. The Morgan fingerprint density at radius 1 is 1.55 bits per heavy atom. The van der Waals surface area contributed by atoms with Crippen molar-refractivity contribution in [3.8, 4) is 6.19 Å². The van der Waals surface area contributed by atoms with E-state index in [1.807, 2.05) is 12.4 Å². The Bertz CT molecular complexity index is 188. The van der Waals surface area contributed by atoms with Gasteiger partial charge < -0.3 is 4.90 Å². The highest BCUT2D eigenvalue weighted by molar-refractivity contribution is 8.13. The molecule has 0 aliphatic carbocycles. The third kappa shape index (κ3) is 2.12. The summed E-state index contributed by atoms with van der Waals surface area (Å²) in [5.74, 6) is 0. The molecule has 60 valence electrons. The topological polar surface area (TPSA) is 39.4 Å². The molecule has 4 heteroatoms. The van der Waals surface area contributed by atoms with Crippen molar-refractivity contribution in [3.63, 3.8) is 0 Å². The van der Waals surface area contributed by atoms with Gasteiger partial charge in [0.15, 0.2) is 5.17 Å². The monoisotopic (exact) mass is 169 g/mol. The van der Waals surface area contributed by atoms with E-state index in [0.29, 0.717) is 0 Å². The molecule has 1 aliphatic heterocycles. The van der Waals surface area contributed by atoms with Gasteiger partial charge in [0.1, 0.15) is 0 Å². The van der Waals surface area contributed by atoms with Gasteiger partial charge in [-0.25, -0.2) is 0 Å². The normalized spacial score (nSPS) is 18.5. The number of amidine groups is 1. The Hall–Kier alpha value is -0.690. The summed E-state index contributed by atoms with van der Waals surface area (Å²) >= 11 is 1.55. The number of thioether (sulfide) groups is 1. The predicted molar refractivity (Wildman–Crippen MR) is 47.4 cm³/mol. The van der Waals surface area contributed by atoms with Crippen LogP contribution in [0, 0.1) is 11.5 Å². The van der Waals surface area contributed by atoms with Crippen molar-refractivity contribution < 1.29 is 0 Å². The maximum atomic E-state index is 8.35. The van der Waals surface area contributed by atoms with Crippen LogP contribution in [0.15, 0.2) is 4.99 Å². The molecule has 0 amide bonds. The summed E-state index contributed by atoms with van der Waals surface area (Å²) in [5.41, 5.74) is 0. The Balaban J connectivity index is 2.55. The van der Waals surface area contributed by atoms with Crippen LogP contribution < -0.4 is 0 Å². The highest BCUT2D eigenvalue weighted by Crippen LogP contribution is 2.13. The van der Waals surface area contributed by atoms with Crippen molar-refractivity contribution in [3.05, 3.63) is 0 Å². The molecule has 11 heavy (non-hydrogen) atoms. The van der Waals surface area contributed by atoms with Crippen LogP contribution >= 0.6 is 11.8 Å². The minimum atomic E-state index is 0.866. The van der Waals surface area contributed by atoms with Crippen molar-refractivity contribution in [2.75, 3.05) is 19.3 Å². The highest BCUT2D eigenvalue weighted by Gasteiger charge is 2.14. The molecule has 0 aromatic heterocycles. The molecule has 3 nitrogen and oxygen atoms in total. The molecule has 1 rings (SSSR count). The average Bonchev–Trinajstić information content (AvgIpc) is 2.52. The number of nitrogens with zero attached hydrogens (tertiary/aromatic N) is 3. The largest absolute Gasteiger partial charge is 0.351 e. The summed E-state index contributed by atoms with van der Waals surface area (Å²) in [6.45, 7) is 2.11. The van der Waals surface area contributed by atoms with Crippen LogP contribution in [0.2, 0.25) is 0 Å². The summed E-state index contributed by atoms with van der Waals surface area (Å²) in [6, 6.07) is 0. The summed E-state index contributed by atoms with van der Waals surface area (Å²) < 4.78 is 0. The third-order valence-corrected chi connectivity index (χ3v) is 2.42. The summed E-state index contributed by atoms with van der Waals surface area (Å²) in [5, 5.41) is 9.22. The maximum Gasteiger partial charge on any atom is 0.208 e. The molecule has 0 aromatic rings. The van der Waals surface area contributed by atoms with Crippen molar-refractivity contribution in [1.82, 2.24) is 4.90 Å². The molecule has 0 unspecified atom stereocenters. The number of likely N-dealkylation sites (tertiary alicyclic amines) is 1. The highest BCUT2D eigenvalue weighted by atomic mass is 32.2. The van der Waals surface area contributed by atoms with Crippen LogP contribution in [-0.2, 0) is 0 Å². The fourth-order valence-electron chi connectivity index (χ4n) is 1.20. The summed E-state index contributed by atoms with van der Waals surface area (Å²) in [4.78, 5) is 5.90. The molecule has 1 fully saturated rings. The van der Waals surface area contributed by atoms with Crippen LogP contribution in [0.5, 0.6) is 0 Å². The maximum absolute atomic E-state index is 8.35. The third-order valence-electron chi connectivity index (χ3n) is 1.70. The van der Waals surface area contributed by atoms with Crippen molar-refractivity contribution in [2.24, 2.45) is 4.99 Å². The number of nitriles is 1. The lowest BCUT2D eigenvalue weighted by molar-refractivity contribution is 0.530. The van der Waals surface area contributed by atoms with Gasteiger partial charge in [0.05, 0.1) is 0 Å². The molecule has 0 spiro atoms. The lowest BCUT2D eigenvalue weighted by atomic mass is 10.4. The number of hydrogen-bond acceptors (Lipinski definition) is 3. The van der Waals surface area contributed by atoms with E-state index >= 15 is 0 Å². The zero-order valence-electron chi connectivity index (χ0n) is 6.58. The SMILES string of the molecule is CSC(=NC#N)N1CCCC1. The molecule has 1 saturated heterocycles. The standard InChI is InChI=1S/C7H11N3S/c1-11-7(9-6-8)10-4-2-3-5-10/h2-5H2,1H3. The molecule has 0 radical (unpaired) electrons. The predicted octanol–water partition coefficient (Wildman–Crippen LogP) is 1.28. The Labute approximate surface area is 71.1 Å². The number of rotatable bonds is 0. The molecular weight excluding hydrogens is 158 g/mol. The van der Waals surface area contributed by atoms with Gasteiger partial charge in [0.25, 0.3) is 0 Å². The van der Waals surface area contributed by atoms with Gasteiger partial charge in [-0.2, -0.15) is 5.26 Å².